The first-order valence-electron chi connectivity index (χ1n) is 8.79. The maximum absolute atomic E-state index is 12.3. The molecule has 1 aromatic carbocycles. The second-order valence-corrected chi connectivity index (χ2v) is 7.60. The largest absolute Gasteiger partial charge is 0.444 e. The van der Waals surface area contributed by atoms with Crippen LogP contribution in [0.3, 0.4) is 0 Å². The number of carbonyl (C=O) groups is 2. The lowest BCUT2D eigenvalue weighted by molar-refractivity contribution is -0.137. The topological polar surface area (TPSA) is 103 Å². The Hall–Kier alpha value is -2.12. The first-order chi connectivity index (χ1) is 12.1. The minimum Gasteiger partial charge on any atom is -0.444 e. The number of carbonyl (C=O) groups excluding carboxylic acids is 2. The van der Waals surface area contributed by atoms with Crippen molar-refractivity contribution in [3.8, 4) is 0 Å². The van der Waals surface area contributed by atoms with E-state index in [1.165, 1.54) is 0 Å². The molecule has 0 aliphatic rings. The molecule has 1 aromatic rings. The second kappa shape index (κ2) is 10.1. The van der Waals surface area contributed by atoms with Crippen LogP contribution in [0.25, 0.3) is 0 Å². The Labute approximate surface area is 155 Å². The van der Waals surface area contributed by atoms with Crippen molar-refractivity contribution in [3.63, 3.8) is 0 Å². The van der Waals surface area contributed by atoms with E-state index in [-0.39, 0.29) is 12.5 Å². The summed E-state index contributed by atoms with van der Waals surface area (Å²) < 4.78 is 5.21. The molecule has 1 unspecified atom stereocenters. The number of hydrogen-bond acceptors (Lipinski definition) is 5. The van der Waals surface area contributed by atoms with Gasteiger partial charge >= 0.3 is 6.09 Å². The van der Waals surface area contributed by atoms with Gasteiger partial charge in [0.1, 0.15) is 11.6 Å². The molecule has 0 heterocycles. The SMILES string of the molecule is CC(C)CC(NC(=O)OC(C)(C)C)C(=O)NOCc1ccc(CN)cc1. The predicted octanol–water partition coefficient (Wildman–Crippen LogP) is 2.63. The molecule has 0 saturated carbocycles. The summed E-state index contributed by atoms with van der Waals surface area (Å²) in [6.07, 6.45) is -0.157. The van der Waals surface area contributed by atoms with E-state index in [0.717, 1.165) is 11.1 Å². The van der Waals surface area contributed by atoms with Gasteiger partial charge in [-0.25, -0.2) is 10.3 Å². The fraction of sp³-hybridized carbons (Fsp3) is 0.579. The number of rotatable bonds is 8. The third-order valence-electron chi connectivity index (χ3n) is 3.38. The second-order valence-electron chi connectivity index (χ2n) is 7.60. The Bertz CT molecular complexity index is 579. The van der Waals surface area contributed by atoms with Gasteiger partial charge in [0.15, 0.2) is 0 Å². The Balaban J connectivity index is 2.54. The number of hydrogen-bond donors (Lipinski definition) is 3. The molecule has 7 nitrogen and oxygen atoms in total. The summed E-state index contributed by atoms with van der Waals surface area (Å²) >= 11 is 0. The van der Waals surface area contributed by atoms with Crippen LogP contribution >= 0.6 is 0 Å². The molecular formula is C19H31N3O4. The zero-order chi connectivity index (χ0) is 19.7. The highest BCUT2D eigenvalue weighted by Gasteiger charge is 2.25. The van der Waals surface area contributed by atoms with Crippen molar-refractivity contribution in [2.24, 2.45) is 11.7 Å². The molecule has 0 spiro atoms. The van der Waals surface area contributed by atoms with Gasteiger partial charge in [0.05, 0.1) is 6.61 Å². The Morgan fingerprint density at radius 1 is 1.12 bits per heavy atom. The zero-order valence-corrected chi connectivity index (χ0v) is 16.3. The quantitative estimate of drug-likeness (QED) is 0.615. The van der Waals surface area contributed by atoms with Crippen LogP contribution in [0.2, 0.25) is 0 Å². The summed E-state index contributed by atoms with van der Waals surface area (Å²) in [4.78, 5) is 29.6. The number of ether oxygens (including phenoxy) is 1. The number of benzene rings is 1. The van der Waals surface area contributed by atoms with Crippen molar-refractivity contribution in [2.75, 3.05) is 0 Å². The molecule has 0 fully saturated rings. The van der Waals surface area contributed by atoms with Gasteiger partial charge in [0.2, 0.25) is 0 Å². The summed E-state index contributed by atoms with van der Waals surface area (Å²) in [5.41, 5.74) is 9.26. The molecule has 4 N–H and O–H groups in total. The third-order valence-corrected chi connectivity index (χ3v) is 3.38. The number of nitrogens with one attached hydrogen (secondary N) is 2. The number of alkyl carbamates (subject to hydrolysis) is 1. The minimum atomic E-state index is -0.732. The van der Waals surface area contributed by atoms with E-state index in [1.54, 1.807) is 20.8 Å². The highest BCUT2D eigenvalue weighted by Crippen LogP contribution is 2.10. The van der Waals surface area contributed by atoms with Crippen molar-refractivity contribution in [1.29, 1.82) is 0 Å². The van der Waals surface area contributed by atoms with Crippen LogP contribution in [0.5, 0.6) is 0 Å². The van der Waals surface area contributed by atoms with Gasteiger partial charge in [0.25, 0.3) is 5.91 Å². The molecule has 7 heteroatoms. The molecule has 1 rings (SSSR count). The van der Waals surface area contributed by atoms with Gasteiger partial charge in [-0.1, -0.05) is 38.1 Å². The molecule has 0 bridgehead atoms. The number of amides is 2. The smallest absolute Gasteiger partial charge is 0.408 e. The lowest BCUT2D eigenvalue weighted by atomic mass is 10.0. The Morgan fingerprint density at radius 2 is 1.69 bits per heavy atom. The highest BCUT2D eigenvalue weighted by atomic mass is 16.7. The van der Waals surface area contributed by atoms with Crippen LogP contribution in [0, 0.1) is 5.92 Å². The van der Waals surface area contributed by atoms with Gasteiger partial charge in [-0.15, -0.1) is 0 Å². The Kier molecular flexibility index (Phi) is 8.54. The average Bonchev–Trinajstić information content (AvgIpc) is 2.52. The van der Waals surface area contributed by atoms with Gasteiger partial charge in [-0.05, 0) is 44.2 Å². The van der Waals surface area contributed by atoms with E-state index in [2.05, 4.69) is 10.8 Å². The summed E-state index contributed by atoms with van der Waals surface area (Å²) in [7, 11) is 0. The Morgan fingerprint density at radius 3 is 2.19 bits per heavy atom. The van der Waals surface area contributed by atoms with E-state index < -0.39 is 23.6 Å². The van der Waals surface area contributed by atoms with Crippen LogP contribution in [0.15, 0.2) is 24.3 Å². The lowest BCUT2D eigenvalue weighted by Crippen LogP contribution is -2.48. The first kappa shape index (κ1) is 21.9. The molecular weight excluding hydrogens is 334 g/mol. The van der Waals surface area contributed by atoms with E-state index >= 15 is 0 Å². The van der Waals surface area contributed by atoms with Crippen LogP contribution in [-0.4, -0.2) is 23.6 Å². The van der Waals surface area contributed by atoms with Crippen molar-refractivity contribution >= 4 is 12.0 Å². The number of hydroxylamine groups is 1. The van der Waals surface area contributed by atoms with Crippen LogP contribution in [-0.2, 0) is 27.5 Å². The van der Waals surface area contributed by atoms with Gasteiger partial charge in [-0.3, -0.25) is 9.63 Å². The fourth-order valence-corrected chi connectivity index (χ4v) is 2.19. The summed E-state index contributed by atoms with van der Waals surface area (Å²) in [5.74, 6) is -0.201. The van der Waals surface area contributed by atoms with Crippen LogP contribution in [0.4, 0.5) is 4.79 Å². The zero-order valence-electron chi connectivity index (χ0n) is 16.3. The van der Waals surface area contributed by atoms with Crippen molar-refractivity contribution in [2.45, 2.75) is 65.8 Å². The molecule has 1 atom stereocenters. The highest BCUT2D eigenvalue weighted by molar-refractivity contribution is 5.84. The molecule has 146 valence electrons. The first-order valence-corrected chi connectivity index (χ1v) is 8.79. The molecule has 0 aliphatic carbocycles. The standard InChI is InChI=1S/C19H31N3O4/c1-13(2)10-16(21-18(24)26-19(3,4)5)17(23)22-25-12-15-8-6-14(11-20)7-9-15/h6-9,13,16H,10-12,20H2,1-5H3,(H,21,24)(H,22,23). The molecule has 26 heavy (non-hydrogen) atoms. The third kappa shape index (κ3) is 8.82. The van der Waals surface area contributed by atoms with Gasteiger partial charge in [0, 0.05) is 6.54 Å². The van der Waals surface area contributed by atoms with Crippen molar-refractivity contribution < 1.29 is 19.2 Å². The maximum atomic E-state index is 12.3. The average molecular weight is 365 g/mol. The van der Waals surface area contributed by atoms with E-state index in [4.69, 9.17) is 15.3 Å². The summed E-state index contributed by atoms with van der Waals surface area (Å²) in [5, 5.41) is 2.60. The predicted molar refractivity (Wildman–Crippen MR) is 99.9 cm³/mol. The van der Waals surface area contributed by atoms with E-state index in [9.17, 15) is 9.59 Å². The minimum absolute atomic E-state index is 0.212. The summed E-state index contributed by atoms with van der Waals surface area (Å²) in [6, 6.07) is 6.86. The van der Waals surface area contributed by atoms with E-state index in [1.807, 2.05) is 38.1 Å². The maximum Gasteiger partial charge on any atom is 0.408 e. The normalized spacial score (nSPS) is 12.6. The number of nitrogens with two attached hydrogens (primary N) is 1. The van der Waals surface area contributed by atoms with E-state index in [0.29, 0.717) is 13.0 Å². The van der Waals surface area contributed by atoms with Gasteiger partial charge < -0.3 is 15.8 Å². The summed E-state index contributed by atoms with van der Waals surface area (Å²) in [6.45, 7) is 9.94. The lowest BCUT2D eigenvalue weighted by Gasteiger charge is -2.24. The monoisotopic (exact) mass is 365 g/mol. The van der Waals surface area contributed by atoms with Crippen LogP contribution < -0.4 is 16.5 Å². The molecule has 0 saturated heterocycles. The van der Waals surface area contributed by atoms with Crippen molar-refractivity contribution in [3.05, 3.63) is 35.4 Å². The van der Waals surface area contributed by atoms with Crippen LogP contribution in [0.1, 0.15) is 52.2 Å². The molecule has 0 aliphatic heterocycles. The van der Waals surface area contributed by atoms with Gasteiger partial charge in [-0.2, -0.15) is 0 Å². The molecule has 2 amide bonds. The molecule has 0 aromatic heterocycles. The molecule has 0 radical (unpaired) electrons. The fourth-order valence-electron chi connectivity index (χ4n) is 2.19. The van der Waals surface area contributed by atoms with Crippen molar-refractivity contribution in [1.82, 2.24) is 10.8 Å².